The van der Waals surface area contributed by atoms with E-state index in [4.69, 9.17) is 11.6 Å². The van der Waals surface area contributed by atoms with Crippen molar-refractivity contribution in [1.29, 1.82) is 0 Å². The van der Waals surface area contributed by atoms with E-state index in [2.05, 4.69) is 20.3 Å². The van der Waals surface area contributed by atoms with Gasteiger partial charge in [0.1, 0.15) is 0 Å². The predicted molar refractivity (Wildman–Crippen MR) is 102 cm³/mol. The number of pyridine rings is 1. The van der Waals surface area contributed by atoms with Gasteiger partial charge in [-0.2, -0.15) is 0 Å². The lowest BCUT2D eigenvalue weighted by molar-refractivity contribution is 0.583. The zero-order valence-electron chi connectivity index (χ0n) is 14.2. The minimum Gasteiger partial charge on any atom is -0.344 e. The largest absolute Gasteiger partial charge is 0.344 e. The maximum Gasteiger partial charge on any atom is 0.211 e. The van der Waals surface area contributed by atoms with Crippen molar-refractivity contribution in [2.75, 3.05) is 12.3 Å². The Morgan fingerprint density at radius 1 is 1.20 bits per heavy atom. The van der Waals surface area contributed by atoms with Crippen LogP contribution in [-0.2, 0) is 23.5 Å². The molecule has 0 saturated heterocycles. The molecule has 25 heavy (non-hydrogen) atoms. The number of nitrogens with zero attached hydrogens (tertiary/aromatic N) is 2. The number of hydrogen-bond acceptors (Lipinski definition) is 3. The Hall–Kier alpha value is -1.89. The number of halogens is 1. The van der Waals surface area contributed by atoms with E-state index in [1.165, 1.54) is 0 Å². The first-order chi connectivity index (χ1) is 11.9. The summed E-state index contributed by atoms with van der Waals surface area (Å²) in [6.45, 7) is 1.99. The van der Waals surface area contributed by atoms with Crippen molar-refractivity contribution < 1.29 is 8.42 Å². The van der Waals surface area contributed by atoms with E-state index < -0.39 is 10.0 Å². The van der Waals surface area contributed by atoms with Gasteiger partial charge in [-0.15, -0.1) is 0 Å². The van der Waals surface area contributed by atoms with Crippen LogP contribution in [0.3, 0.4) is 0 Å². The first-order valence-corrected chi connectivity index (χ1v) is 10.1. The summed E-state index contributed by atoms with van der Waals surface area (Å²) in [6.07, 6.45) is 4.18. The summed E-state index contributed by atoms with van der Waals surface area (Å²) < 4.78 is 27.7. The number of nitrogens with one attached hydrogen (secondary N) is 1. The molecule has 2 heterocycles. The van der Waals surface area contributed by atoms with Crippen LogP contribution in [0.5, 0.6) is 0 Å². The Balaban J connectivity index is 1.85. The minimum absolute atomic E-state index is 0.0871. The number of aryl methyl sites for hydroxylation is 1. The monoisotopic (exact) mass is 377 g/mol. The minimum atomic E-state index is -3.17. The van der Waals surface area contributed by atoms with E-state index in [1.807, 2.05) is 37.5 Å². The second-order valence-electron chi connectivity index (χ2n) is 5.92. The SMILES string of the molecule is CCS(=O)(=O)NCCc1cncc(-c2cc3ccc(Cl)cc3n2C)c1. The number of aromatic nitrogens is 2. The number of benzene rings is 1. The Morgan fingerprint density at radius 2 is 2.00 bits per heavy atom. The summed E-state index contributed by atoms with van der Waals surface area (Å²) in [7, 11) is -1.17. The summed E-state index contributed by atoms with van der Waals surface area (Å²) in [5, 5.41) is 1.82. The first-order valence-electron chi connectivity index (χ1n) is 8.06. The molecule has 0 fully saturated rings. The van der Waals surface area contributed by atoms with Gasteiger partial charge in [-0.3, -0.25) is 4.98 Å². The fourth-order valence-corrected chi connectivity index (χ4v) is 3.58. The number of rotatable bonds is 6. The second-order valence-corrected chi connectivity index (χ2v) is 8.45. The molecule has 0 amide bonds. The molecule has 0 radical (unpaired) electrons. The molecule has 1 N–H and O–H groups in total. The van der Waals surface area contributed by atoms with Gasteiger partial charge >= 0.3 is 0 Å². The lowest BCUT2D eigenvalue weighted by atomic mass is 10.1. The van der Waals surface area contributed by atoms with Crippen LogP contribution in [0, 0.1) is 0 Å². The topological polar surface area (TPSA) is 64.0 Å². The van der Waals surface area contributed by atoms with Crippen LogP contribution in [0.4, 0.5) is 0 Å². The molecule has 5 nitrogen and oxygen atoms in total. The van der Waals surface area contributed by atoms with Crippen molar-refractivity contribution in [1.82, 2.24) is 14.3 Å². The Bertz CT molecular complexity index is 1010. The molecule has 7 heteroatoms. The van der Waals surface area contributed by atoms with Gasteiger partial charge in [0.2, 0.25) is 10.0 Å². The summed E-state index contributed by atoms with van der Waals surface area (Å²) >= 11 is 6.10. The molecule has 0 spiro atoms. The van der Waals surface area contributed by atoms with Crippen LogP contribution >= 0.6 is 11.6 Å². The third-order valence-corrected chi connectivity index (χ3v) is 5.85. The second kappa shape index (κ2) is 7.15. The van der Waals surface area contributed by atoms with Gasteiger partial charge < -0.3 is 4.57 Å². The van der Waals surface area contributed by atoms with Crippen LogP contribution in [0.15, 0.2) is 42.7 Å². The molecule has 0 unspecified atom stereocenters. The van der Waals surface area contributed by atoms with E-state index in [9.17, 15) is 8.42 Å². The highest BCUT2D eigenvalue weighted by Crippen LogP contribution is 2.29. The van der Waals surface area contributed by atoms with Crippen LogP contribution < -0.4 is 4.72 Å². The molecule has 0 saturated carbocycles. The van der Waals surface area contributed by atoms with Crippen LogP contribution in [0.1, 0.15) is 12.5 Å². The quantitative estimate of drug-likeness (QED) is 0.716. The van der Waals surface area contributed by atoms with Crippen molar-refractivity contribution in [3.63, 3.8) is 0 Å². The molecule has 0 bridgehead atoms. The fourth-order valence-electron chi connectivity index (χ4n) is 2.80. The van der Waals surface area contributed by atoms with Gasteiger partial charge in [0.15, 0.2) is 0 Å². The third kappa shape index (κ3) is 4.03. The number of fused-ring (bicyclic) bond motifs is 1. The highest BCUT2D eigenvalue weighted by Gasteiger charge is 2.10. The van der Waals surface area contributed by atoms with Crippen molar-refractivity contribution in [2.24, 2.45) is 7.05 Å². The van der Waals surface area contributed by atoms with Crippen LogP contribution in [0.2, 0.25) is 5.02 Å². The van der Waals surface area contributed by atoms with Gasteiger partial charge in [0, 0.05) is 47.5 Å². The number of hydrogen-bond donors (Lipinski definition) is 1. The summed E-state index contributed by atoms with van der Waals surface area (Å²) in [5.74, 6) is 0.0871. The van der Waals surface area contributed by atoms with Gasteiger partial charge in [0.05, 0.1) is 11.4 Å². The zero-order valence-corrected chi connectivity index (χ0v) is 15.7. The van der Waals surface area contributed by atoms with Gasteiger partial charge in [-0.1, -0.05) is 17.7 Å². The van der Waals surface area contributed by atoms with E-state index in [-0.39, 0.29) is 5.75 Å². The van der Waals surface area contributed by atoms with Crippen molar-refractivity contribution in [3.8, 4) is 11.3 Å². The fraction of sp³-hybridized carbons (Fsp3) is 0.278. The molecule has 2 aromatic heterocycles. The average molecular weight is 378 g/mol. The standard InChI is InChI=1S/C18H20ClN3O2S/c1-3-25(23,24)21-7-6-13-8-15(12-20-11-13)17-9-14-4-5-16(19)10-18(14)22(17)2/h4-5,8-12,21H,3,6-7H2,1-2H3. The van der Waals surface area contributed by atoms with Gasteiger partial charge in [0.25, 0.3) is 0 Å². The Labute approximate surface area is 152 Å². The first kappa shape index (κ1) is 17.9. The molecule has 1 aromatic carbocycles. The average Bonchev–Trinajstić information content (AvgIpc) is 2.92. The maximum atomic E-state index is 11.5. The highest BCUT2D eigenvalue weighted by molar-refractivity contribution is 7.89. The molecule has 0 aliphatic carbocycles. The predicted octanol–water partition coefficient (Wildman–Crippen LogP) is 3.38. The van der Waals surface area contributed by atoms with Gasteiger partial charge in [-0.25, -0.2) is 13.1 Å². The molecule has 0 atom stereocenters. The molecular weight excluding hydrogens is 358 g/mol. The zero-order chi connectivity index (χ0) is 18.0. The summed E-state index contributed by atoms with van der Waals surface area (Å²) in [6, 6.07) is 9.96. The Morgan fingerprint density at radius 3 is 2.76 bits per heavy atom. The van der Waals surface area contributed by atoms with Crippen LogP contribution in [0.25, 0.3) is 22.2 Å². The molecule has 3 rings (SSSR count). The lowest BCUT2D eigenvalue weighted by Crippen LogP contribution is -2.27. The smallest absolute Gasteiger partial charge is 0.211 e. The summed E-state index contributed by atoms with van der Waals surface area (Å²) in [4.78, 5) is 4.31. The molecule has 132 valence electrons. The summed E-state index contributed by atoms with van der Waals surface area (Å²) in [5.41, 5.74) is 4.08. The van der Waals surface area contributed by atoms with Crippen molar-refractivity contribution in [3.05, 3.63) is 53.3 Å². The Kier molecular flexibility index (Phi) is 5.13. The van der Waals surface area contributed by atoms with E-state index in [1.54, 1.807) is 13.1 Å². The lowest BCUT2D eigenvalue weighted by Gasteiger charge is -2.08. The van der Waals surface area contributed by atoms with E-state index in [0.29, 0.717) is 18.0 Å². The van der Waals surface area contributed by atoms with Gasteiger partial charge in [-0.05, 0) is 43.2 Å². The molecular formula is C18H20ClN3O2S. The number of sulfonamides is 1. The van der Waals surface area contributed by atoms with E-state index in [0.717, 1.165) is 27.7 Å². The van der Waals surface area contributed by atoms with Crippen LogP contribution in [-0.4, -0.2) is 30.3 Å². The molecule has 0 aliphatic rings. The third-order valence-electron chi connectivity index (χ3n) is 4.21. The molecule has 0 aliphatic heterocycles. The van der Waals surface area contributed by atoms with E-state index >= 15 is 0 Å². The normalized spacial score (nSPS) is 12.0. The van der Waals surface area contributed by atoms with Crippen molar-refractivity contribution >= 4 is 32.5 Å². The van der Waals surface area contributed by atoms with Crippen molar-refractivity contribution in [2.45, 2.75) is 13.3 Å². The molecule has 3 aromatic rings. The maximum absolute atomic E-state index is 11.5. The highest BCUT2D eigenvalue weighted by atomic mass is 35.5.